The quantitative estimate of drug-likeness (QED) is 0.331. The van der Waals surface area contributed by atoms with Crippen molar-refractivity contribution in [2.75, 3.05) is 19.5 Å². The van der Waals surface area contributed by atoms with Gasteiger partial charge in [0.2, 0.25) is 0 Å². The van der Waals surface area contributed by atoms with E-state index < -0.39 is 24.0 Å². The van der Waals surface area contributed by atoms with Crippen molar-refractivity contribution in [1.82, 2.24) is 14.5 Å². The molecule has 24 heavy (non-hydrogen) atoms. The molecule has 2 aromatic heterocycles. The summed E-state index contributed by atoms with van der Waals surface area (Å²) in [6, 6.07) is 0. The summed E-state index contributed by atoms with van der Waals surface area (Å²) in [5.74, 6) is 0.213. The lowest BCUT2D eigenvalue weighted by atomic mass is 9.96. The van der Waals surface area contributed by atoms with Crippen LogP contribution in [0.5, 0.6) is 0 Å². The lowest BCUT2D eigenvalue weighted by Crippen LogP contribution is -2.46. The minimum absolute atomic E-state index is 0.213. The summed E-state index contributed by atoms with van der Waals surface area (Å²) < 4.78 is 12.9. The number of fused-ring (bicyclic) bond motifs is 1. The Morgan fingerprint density at radius 2 is 2.29 bits per heavy atom. The van der Waals surface area contributed by atoms with E-state index in [1.807, 2.05) is 0 Å². The van der Waals surface area contributed by atoms with Gasteiger partial charge in [-0.1, -0.05) is 5.16 Å². The van der Waals surface area contributed by atoms with Crippen molar-refractivity contribution in [3.63, 3.8) is 0 Å². The van der Waals surface area contributed by atoms with Gasteiger partial charge >= 0.3 is 0 Å². The van der Waals surface area contributed by atoms with Crippen molar-refractivity contribution in [1.29, 1.82) is 0 Å². The zero-order chi connectivity index (χ0) is 17.5. The summed E-state index contributed by atoms with van der Waals surface area (Å²) in [6.45, 7) is 1.31. The molecule has 5 N–H and O–H groups in total. The van der Waals surface area contributed by atoms with E-state index in [-0.39, 0.29) is 12.4 Å². The fourth-order valence-electron chi connectivity index (χ4n) is 3.07. The summed E-state index contributed by atoms with van der Waals surface area (Å²) >= 11 is 0. The molecule has 4 atom stereocenters. The molecular formula is C14H19N5O5. The molecule has 10 nitrogen and oxygen atoms in total. The zero-order valence-electron chi connectivity index (χ0n) is 13.2. The Kier molecular flexibility index (Phi) is 4.13. The number of rotatable bonds is 4. The molecule has 0 aromatic carbocycles. The van der Waals surface area contributed by atoms with Crippen molar-refractivity contribution in [3.8, 4) is 0 Å². The summed E-state index contributed by atoms with van der Waals surface area (Å²) in [5, 5.41) is 32.2. The molecule has 2 aromatic rings. The number of nitrogens with zero attached hydrogens (tertiary/aromatic N) is 4. The highest BCUT2D eigenvalue weighted by Gasteiger charge is 2.54. The number of ether oxygens (including phenoxy) is 2. The van der Waals surface area contributed by atoms with Gasteiger partial charge in [0.15, 0.2) is 6.23 Å². The largest absolute Gasteiger partial charge is 0.411 e. The van der Waals surface area contributed by atoms with Gasteiger partial charge in [-0.05, 0) is 6.92 Å². The Bertz CT molecular complexity index is 778. The number of aliphatic hydroxyl groups excluding tert-OH is 2. The standard InChI is InChI=1S/C14H19N5O5/c1-14(23-2)10(21)8(5-20)24-13(14)19-4-7(3-18-22)9-11(15)16-6-17-12(9)19/h3-4,6,8,10,13,20-22H,5H2,1-2H3,(H2,15,16,17)/b18-3-/t8?,10?,13-,14-/m1/s1. The normalized spacial score (nSPS) is 30.6. The molecule has 10 heteroatoms. The van der Waals surface area contributed by atoms with Crippen LogP contribution in [0, 0.1) is 0 Å². The van der Waals surface area contributed by atoms with Gasteiger partial charge in [0, 0.05) is 18.9 Å². The molecule has 0 bridgehead atoms. The van der Waals surface area contributed by atoms with Crippen LogP contribution in [0.2, 0.25) is 0 Å². The number of aliphatic hydroxyl groups is 2. The Balaban J connectivity index is 2.21. The van der Waals surface area contributed by atoms with Crippen molar-refractivity contribution in [3.05, 3.63) is 18.1 Å². The van der Waals surface area contributed by atoms with E-state index in [0.29, 0.717) is 16.6 Å². The number of hydrogen-bond acceptors (Lipinski definition) is 9. The van der Waals surface area contributed by atoms with E-state index in [0.717, 1.165) is 0 Å². The first-order valence-corrected chi connectivity index (χ1v) is 7.25. The lowest BCUT2D eigenvalue weighted by Gasteiger charge is -2.31. The minimum atomic E-state index is -1.13. The van der Waals surface area contributed by atoms with Crippen LogP contribution < -0.4 is 5.73 Å². The Hall–Kier alpha value is -2.27. The second-order valence-corrected chi connectivity index (χ2v) is 5.74. The van der Waals surface area contributed by atoms with Crippen LogP contribution in [-0.2, 0) is 9.47 Å². The van der Waals surface area contributed by atoms with E-state index in [9.17, 15) is 10.2 Å². The second kappa shape index (κ2) is 5.98. The molecule has 130 valence electrons. The predicted octanol–water partition coefficient (Wildman–Crippen LogP) is -0.523. The fraction of sp³-hybridized carbons (Fsp3) is 0.500. The number of hydrogen-bond donors (Lipinski definition) is 4. The van der Waals surface area contributed by atoms with Crippen LogP contribution in [0.15, 0.2) is 17.7 Å². The first kappa shape index (κ1) is 16.6. The van der Waals surface area contributed by atoms with Crippen LogP contribution in [0.1, 0.15) is 18.7 Å². The maximum absolute atomic E-state index is 10.4. The first-order valence-electron chi connectivity index (χ1n) is 7.25. The van der Waals surface area contributed by atoms with Crippen LogP contribution >= 0.6 is 0 Å². The third-order valence-corrected chi connectivity index (χ3v) is 4.47. The van der Waals surface area contributed by atoms with E-state index in [1.54, 1.807) is 17.7 Å². The number of nitrogens with two attached hydrogens (primary N) is 1. The second-order valence-electron chi connectivity index (χ2n) is 5.74. The van der Waals surface area contributed by atoms with Gasteiger partial charge in [-0.25, -0.2) is 9.97 Å². The number of anilines is 1. The minimum Gasteiger partial charge on any atom is -0.411 e. The predicted molar refractivity (Wildman–Crippen MR) is 83.7 cm³/mol. The Labute approximate surface area is 137 Å². The molecule has 3 heterocycles. The average Bonchev–Trinajstić information content (AvgIpc) is 3.06. The number of methoxy groups -OCH3 is 1. The van der Waals surface area contributed by atoms with Crippen LogP contribution in [0.3, 0.4) is 0 Å². The highest BCUT2D eigenvalue weighted by molar-refractivity contribution is 6.02. The molecule has 0 aliphatic carbocycles. The molecule has 1 saturated heterocycles. The third-order valence-electron chi connectivity index (χ3n) is 4.47. The van der Waals surface area contributed by atoms with Gasteiger partial charge in [0.05, 0.1) is 18.2 Å². The Morgan fingerprint density at radius 3 is 2.92 bits per heavy atom. The molecule has 1 fully saturated rings. The summed E-state index contributed by atoms with van der Waals surface area (Å²) in [4.78, 5) is 8.16. The van der Waals surface area contributed by atoms with Gasteiger partial charge < -0.3 is 35.2 Å². The summed E-state index contributed by atoms with van der Waals surface area (Å²) in [6.07, 6.45) is 1.47. The number of aromatic nitrogens is 3. The van der Waals surface area contributed by atoms with Crippen molar-refractivity contribution >= 4 is 23.1 Å². The van der Waals surface area contributed by atoms with Gasteiger partial charge in [-0.3, -0.25) is 0 Å². The van der Waals surface area contributed by atoms with Crippen molar-refractivity contribution in [2.45, 2.75) is 31.0 Å². The number of oxime groups is 1. The molecule has 0 saturated carbocycles. The van der Waals surface area contributed by atoms with E-state index in [1.165, 1.54) is 19.7 Å². The van der Waals surface area contributed by atoms with Crippen LogP contribution in [-0.4, -0.2) is 67.7 Å². The van der Waals surface area contributed by atoms with E-state index in [4.69, 9.17) is 20.4 Å². The number of nitrogen functional groups attached to an aromatic ring is 1. The SMILES string of the molecule is CO[C@]1(C)C(O)C(CO)O[C@H]1n1cc(/C=N\O)c2c(N)ncnc21. The van der Waals surface area contributed by atoms with Crippen molar-refractivity contribution < 1.29 is 24.9 Å². The fourth-order valence-corrected chi connectivity index (χ4v) is 3.07. The van der Waals surface area contributed by atoms with Gasteiger partial charge in [0.25, 0.3) is 0 Å². The van der Waals surface area contributed by atoms with Gasteiger partial charge in [-0.2, -0.15) is 0 Å². The molecule has 1 aliphatic rings. The highest BCUT2D eigenvalue weighted by atomic mass is 16.6. The maximum Gasteiger partial charge on any atom is 0.167 e. The molecule has 0 spiro atoms. The average molecular weight is 337 g/mol. The van der Waals surface area contributed by atoms with Gasteiger partial charge in [0.1, 0.15) is 35.6 Å². The van der Waals surface area contributed by atoms with Gasteiger partial charge in [-0.15, -0.1) is 0 Å². The molecule has 1 aliphatic heterocycles. The lowest BCUT2D eigenvalue weighted by molar-refractivity contribution is -0.118. The zero-order valence-corrected chi connectivity index (χ0v) is 13.2. The summed E-state index contributed by atoms with van der Waals surface area (Å²) in [7, 11) is 1.45. The topological polar surface area (TPSA) is 148 Å². The molecule has 2 unspecified atom stereocenters. The van der Waals surface area contributed by atoms with Crippen LogP contribution in [0.4, 0.5) is 5.82 Å². The maximum atomic E-state index is 10.4. The smallest absolute Gasteiger partial charge is 0.167 e. The van der Waals surface area contributed by atoms with E-state index >= 15 is 0 Å². The monoisotopic (exact) mass is 337 g/mol. The molecule has 3 rings (SSSR count). The van der Waals surface area contributed by atoms with E-state index in [2.05, 4.69) is 15.1 Å². The first-order chi connectivity index (χ1) is 11.5. The van der Waals surface area contributed by atoms with Crippen LogP contribution in [0.25, 0.3) is 11.0 Å². The van der Waals surface area contributed by atoms with Crippen molar-refractivity contribution in [2.24, 2.45) is 5.16 Å². The highest BCUT2D eigenvalue weighted by Crippen LogP contribution is 2.42. The summed E-state index contributed by atoms with van der Waals surface area (Å²) in [5.41, 5.74) is 5.69. The molecular weight excluding hydrogens is 318 g/mol. The molecule has 0 amide bonds. The molecule has 0 radical (unpaired) electrons. The third kappa shape index (κ3) is 2.23. The Morgan fingerprint density at radius 1 is 1.54 bits per heavy atom.